The number of benzene rings is 1. The van der Waals surface area contributed by atoms with E-state index >= 15 is 0 Å². The largest absolute Gasteiger partial charge is 0.324 e. The van der Waals surface area contributed by atoms with Crippen LogP contribution in [-0.4, -0.2) is 10.9 Å². The molecule has 2 nitrogen and oxygen atoms in total. The Morgan fingerprint density at radius 3 is 2.67 bits per heavy atom. The van der Waals surface area contributed by atoms with Gasteiger partial charge in [0.25, 0.3) is 0 Å². The molecule has 1 aliphatic heterocycles. The minimum Gasteiger partial charge on any atom is -0.324 e. The molecule has 0 bridgehead atoms. The second kappa shape index (κ2) is 3.32. The van der Waals surface area contributed by atoms with Crippen LogP contribution in [0.1, 0.15) is 42.5 Å². The second-order valence-electron chi connectivity index (χ2n) is 4.95. The van der Waals surface area contributed by atoms with Gasteiger partial charge in [-0.2, -0.15) is 0 Å². The lowest BCUT2D eigenvalue weighted by Crippen LogP contribution is -2.18. The maximum atomic E-state index is 5.90. The fourth-order valence-corrected chi connectivity index (χ4v) is 2.42. The monoisotopic (exact) mass is 202 g/mol. The fourth-order valence-electron chi connectivity index (χ4n) is 2.42. The van der Waals surface area contributed by atoms with E-state index < -0.39 is 0 Å². The highest BCUT2D eigenvalue weighted by molar-refractivity contribution is 5.36. The van der Waals surface area contributed by atoms with Crippen molar-refractivity contribution in [2.24, 2.45) is 5.73 Å². The van der Waals surface area contributed by atoms with Crippen molar-refractivity contribution in [3.8, 4) is 0 Å². The Balaban J connectivity index is 1.86. The standard InChI is InChI=1S/C13H18N2/c1-9(14)10-2-3-11-7-15(13-4-5-13)8-12(11)6-10/h2-3,6,9,13H,4-5,7-8,14H2,1H3. The summed E-state index contributed by atoms with van der Waals surface area (Å²) in [6.07, 6.45) is 2.79. The summed E-state index contributed by atoms with van der Waals surface area (Å²) >= 11 is 0. The average molecular weight is 202 g/mol. The van der Waals surface area contributed by atoms with Gasteiger partial charge in [-0.25, -0.2) is 0 Å². The van der Waals surface area contributed by atoms with Crippen molar-refractivity contribution in [3.05, 3.63) is 34.9 Å². The van der Waals surface area contributed by atoms with E-state index in [4.69, 9.17) is 5.73 Å². The number of hydrogen-bond acceptors (Lipinski definition) is 2. The van der Waals surface area contributed by atoms with Gasteiger partial charge in [-0.05, 0) is 36.5 Å². The van der Waals surface area contributed by atoms with Crippen molar-refractivity contribution >= 4 is 0 Å². The van der Waals surface area contributed by atoms with Crippen molar-refractivity contribution in [1.29, 1.82) is 0 Å². The van der Waals surface area contributed by atoms with Crippen LogP contribution in [0.15, 0.2) is 18.2 Å². The maximum absolute atomic E-state index is 5.90. The summed E-state index contributed by atoms with van der Waals surface area (Å²) in [5.41, 5.74) is 10.2. The first-order valence-electron chi connectivity index (χ1n) is 5.85. The van der Waals surface area contributed by atoms with E-state index in [9.17, 15) is 0 Å². The first-order chi connectivity index (χ1) is 7.24. The molecule has 1 atom stereocenters. The number of rotatable bonds is 2. The lowest BCUT2D eigenvalue weighted by molar-refractivity contribution is 0.273. The predicted molar refractivity (Wildman–Crippen MR) is 61.3 cm³/mol. The molecule has 0 radical (unpaired) electrons. The molecule has 0 spiro atoms. The van der Waals surface area contributed by atoms with Crippen LogP contribution in [-0.2, 0) is 13.1 Å². The van der Waals surface area contributed by atoms with Crippen LogP contribution >= 0.6 is 0 Å². The molecule has 1 aliphatic carbocycles. The van der Waals surface area contributed by atoms with Crippen molar-refractivity contribution < 1.29 is 0 Å². The van der Waals surface area contributed by atoms with Crippen LogP contribution < -0.4 is 5.73 Å². The molecule has 1 fully saturated rings. The lowest BCUT2D eigenvalue weighted by Gasteiger charge is -2.12. The summed E-state index contributed by atoms with van der Waals surface area (Å²) in [5.74, 6) is 0. The van der Waals surface area contributed by atoms with Gasteiger partial charge in [0.15, 0.2) is 0 Å². The molecule has 1 heterocycles. The van der Waals surface area contributed by atoms with Crippen LogP contribution in [0.4, 0.5) is 0 Å². The zero-order valence-electron chi connectivity index (χ0n) is 9.24. The van der Waals surface area contributed by atoms with E-state index in [1.807, 2.05) is 0 Å². The summed E-state index contributed by atoms with van der Waals surface area (Å²) in [5, 5.41) is 0. The van der Waals surface area contributed by atoms with Crippen molar-refractivity contribution in [2.75, 3.05) is 0 Å². The number of fused-ring (bicyclic) bond motifs is 1. The van der Waals surface area contributed by atoms with Gasteiger partial charge in [0.05, 0.1) is 0 Å². The average Bonchev–Trinajstić information content (AvgIpc) is 2.97. The van der Waals surface area contributed by atoms with Crippen molar-refractivity contribution in [1.82, 2.24) is 4.90 Å². The molecule has 1 aromatic carbocycles. The van der Waals surface area contributed by atoms with Gasteiger partial charge < -0.3 is 5.73 Å². The van der Waals surface area contributed by atoms with E-state index in [-0.39, 0.29) is 6.04 Å². The molecule has 1 saturated carbocycles. The summed E-state index contributed by atoms with van der Waals surface area (Å²) in [4.78, 5) is 2.59. The highest BCUT2D eigenvalue weighted by atomic mass is 15.2. The lowest BCUT2D eigenvalue weighted by atomic mass is 10.0. The van der Waals surface area contributed by atoms with E-state index in [1.165, 1.54) is 29.5 Å². The molecule has 2 aliphatic rings. The van der Waals surface area contributed by atoms with Crippen LogP contribution in [0, 0.1) is 0 Å². The Labute approximate surface area is 91.1 Å². The first kappa shape index (κ1) is 9.37. The smallest absolute Gasteiger partial charge is 0.0266 e. The Morgan fingerprint density at radius 2 is 2.00 bits per heavy atom. The minimum absolute atomic E-state index is 0.158. The van der Waals surface area contributed by atoms with Crippen molar-refractivity contribution in [3.63, 3.8) is 0 Å². The number of hydrogen-bond donors (Lipinski definition) is 1. The molecule has 2 N–H and O–H groups in total. The normalized spacial score (nSPS) is 22.8. The maximum Gasteiger partial charge on any atom is 0.0266 e. The van der Waals surface area contributed by atoms with Crippen LogP contribution in [0.2, 0.25) is 0 Å². The van der Waals surface area contributed by atoms with E-state index in [0.29, 0.717) is 0 Å². The van der Waals surface area contributed by atoms with Crippen LogP contribution in [0.3, 0.4) is 0 Å². The molecule has 1 aromatic rings. The van der Waals surface area contributed by atoms with Crippen LogP contribution in [0.5, 0.6) is 0 Å². The Bertz CT molecular complexity index is 380. The summed E-state index contributed by atoms with van der Waals surface area (Å²) in [6.45, 7) is 4.34. The Morgan fingerprint density at radius 1 is 1.27 bits per heavy atom. The Hall–Kier alpha value is -0.860. The fraction of sp³-hybridized carbons (Fsp3) is 0.538. The molecule has 0 aromatic heterocycles. The third-order valence-corrected chi connectivity index (χ3v) is 3.57. The summed E-state index contributed by atoms with van der Waals surface area (Å²) < 4.78 is 0. The van der Waals surface area contributed by atoms with Gasteiger partial charge >= 0.3 is 0 Å². The topological polar surface area (TPSA) is 29.3 Å². The molecule has 80 valence electrons. The van der Waals surface area contributed by atoms with Crippen LogP contribution in [0.25, 0.3) is 0 Å². The highest BCUT2D eigenvalue weighted by Crippen LogP contribution is 2.35. The number of nitrogens with two attached hydrogens (primary N) is 1. The Kier molecular flexibility index (Phi) is 2.08. The van der Waals surface area contributed by atoms with Crippen molar-refractivity contribution in [2.45, 2.75) is 44.9 Å². The molecule has 3 rings (SSSR count). The van der Waals surface area contributed by atoms with E-state index in [1.54, 1.807) is 0 Å². The first-order valence-corrected chi connectivity index (χ1v) is 5.85. The molecule has 2 heteroatoms. The quantitative estimate of drug-likeness (QED) is 0.796. The van der Waals surface area contributed by atoms with Gasteiger partial charge in [-0.1, -0.05) is 18.2 Å². The highest BCUT2D eigenvalue weighted by Gasteiger charge is 2.32. The van der Waals surface area contributed by atoms with Gasteiger partial charge in [0, 0.05) is 25.2 Å². The second-order valence-corrected chi connectivity index (χ2v) is 4.95. The number of nitrogens with zero attached hydrogens (tertiary/aromatic N) is 1. The molecule has 15 heavy (non-hydrogen) atoms. The summed E-state index contributed by atoms with van der Waals surface area (Å²) in [6, 6.07) is 7.76. The molecule has 0 amide bonds. The minimum atomic E-state index is 0.158. The van der Waals surface area contributed by atoms with E-state index in [2.05, 4.69) is 30.0 Å². The van der Waals surface area contributed by atoms with Gasteiger partial charge in [-0.15, -0.1) is 0 Å². The van der Waals surface area contributed by atoms with Gasteiger partial charge in [-0.3, -0.25) is 4.90 Å². The predicted octanol–water partition coefficient (Wildman–Crippen LogP) is 2.18. The zero-order chi connectivity index (χ0) is 10.4. The third kappa shape index (κ3) is 1.68. The summed E-state index contributed by atoms with van der Waals surface area (Å²) in [7, 11) is 0. The third-order valence-electron chi connectivity index (χ3n) is 3.57. The zero-order valence-corrected chi connectivity index (χ0v) is 9.24. The molecular weight excluding hydrogens is 184 g/mol. The SMILES string of the molecule is CC(N)c1ccc2c(c1)CN(C1CC1)C2. The van der Waals surface area contributed by atoms with Gasteiger partial charge in [0.1, 0.15) is 0 Å². The molecule has 0 saturated heterocycles. The molecule has 1 unspecified atom stereocenters. The molecular formula is C13H18N2. The van der Waals surface area contributed by atoms with E-state index in [0.717, 1.165) is 19.1 Å². The van der Waals surface area contributed by atoms with Gasteiger partial charge in [0.2, 0.25) is 0 Å².